The van der Waals surface area contributed by atoms with Crippen molar-refractivity contribution in [2.45, 2.75) is 33.0 Å². The van der Waals surface area contributed by atoms with Crippen molar-refractivity contribution >= 4 is 23.5 Å². The summed E-state index contributed by atoms with van der Waals surface area (Å²) in [7, 11) is 0. The van der Waals surface area contributed by atoms with E-state index in [0.717, 1.165) is 12.1 Å². The van der Waals surface area contributed by atoms with E-state index < -0.39 is 17.7 Å². The summed E-state index contributed by atoms with van der Waals surface area (Å²) in [6.07, 6.45) is -4.79. The molecule has 2 aromatic rings. The highest BCUT2D eigenvalue weighted by Crippen LogP contribution is 2.35. The quantitative estimate of drug-likeness (QED) is 0.723. The summed E-state index contributed by atoms with van der Waals surface area (Å²) in [6, 6.07) is 7.93. The molecule has 0 saturated heterocycles. The van der Waals surface area contributed by atoms with E-state index in [9.17, 15) is 22.8 Å². The van der Waals surface area contributed by atoms with Crippen LogP contribution in [0, 0.1) is 0 Å². The minimum absolute atomic E-state index is 0.00807. The lowest BCUT2D eigenvalue weighted by Gasteiger charge is -2.22. The molecule has 28 heavy (non-hydrogen) atoms. The van der Waals surface area contributed by atoms with E-state index in [1.807, 2.05) is 0 Å². The van der Waals surface area contributed by atoms with E-state index >= 15 is 0 Å². The molecule has 0 spiro atoms. The van der Waals surface area contributed by atoms with Crippen LogP contribution in [0.2, 0.25) is 5.02 Å². The van der Waals surface area contributed by atoms with Crippen molar-refractivity contribution in [2.75, 3.05) is 6.54 Å². The smallest absolute Gasteiger partial charge is 0.416 e. The third-order valence-corrected chi connectivity index (χ3v) is 4.46. The fraction of sp³-hybridized carbons (Fsp3) is 0.300. The average molecular weight is 414 g/mol. The molecule has 2 aromatic carbocycles. The first kappa shape index (κ1) is 21.8. The number of halogens is 4. The number of carboxylic acids is 1. The van der Waals surface area contributed by atoms with Gasteiger partial charge in [0.05, 0.1) is 12.0 Å². The number of hydrogen-bond donors (Lipinski definition) is 1. The Kier molecular flexibility index (Phi) is 6.72. The number of amides is 1. The third kappa shape index (κ3) is 5.48. The van der Waals surface area contributed by atoms with Gasteiger partial charge in [0, 0.05) is 25.0 Å². The Labute approximate surface area is 165 Å². The van der Waals surface area contributed by atoms with Crippen LogP contribution in [0.4, 0.5) is 13.2 Å². The second kappa shape index (κ2) is 8.65. The lowest BCUT2D eigenvalue weighted by molar-refractivity contribution is -0.138. The molecule has 0 atom stereocenters. The minimum atomic E-state index is -4.52. The molecule has 1 N–H and O–H groups in total. The average Bonchev–Trinajstić information content (AvgIpc) is 2.57. The molecule has 0 bridgehead atoms. The standard InChI is InChI=1S/C20H19ClF3NO3/c1-3-25(12(2)26)11-15-9-16(20(22,23)24)4-5-18(15)14-6-13(8-19(27)28)7-17(21)10-14/h4-7,9-10H,3,8,11H2,1-2H3,(H,27,28). The zero-order chi connectivity index (χ0) is 21.1. The van der Waals surface area contributed by atoms with Crippen molar-refractivity contribution in [2.24, 2.45) is 0 Å². The van der Waals surface area contributed by atoms with Crippen molar-refractivity contribution in [3.8, 4) is 11.1 Å². The topological polar surface area (TPSA) is 57.6 Å². The second-order valence-corrected chi connectivity index (χ2v) is 6.76. The zero-order valence-electron chi connectivity index (χ0n) is 15.3. The van der Waals surface area contributed by atoms with Crippen LogP contribution < -0.4 is 0 Å². The summed E-state index contributed by atoms with van der Waals surface area (Å²) in [4.78, 5) is 24.2. The lowest BCUT2D eigenvalue weighted by Crippen LogP contribution is -2.28. The molecule has 2 rings (SSSR count). The Hall–Kier alpha value is -2.54. The van der Waals surface area contributed by atoms with Crippen LogP contribution in [-0.4, -0.2) is 28.4 Å². The summed E-state index contributed by atoms with van der Waals surface area (Å²) >= 11 is 6.09. The highest BCUT2D eigenvalue weighted by Gasteiger charge is 2.31. The Balaban J connectivity index is 2.61. The molecule has 4 nitrogen and oxygen atoms in total. The van der Waals surface area contributed by atoms with Gasteiger partial charge in [0.15, 0.2) is 0 Å². The normalized spacial score (nSPS) is 11.4. The molecule has 150 valence electrons. The maximum Gasteiger partial charge on any atom is 0.416 e. The summed E-state index contributed by atoms with van der Waals surface area (Å²) in [5.74, 6) is -1.31. The van der Waals surface area contributed by atoms with E-state index in [0.29, 0.717) is 28.8 Å². The maximum absolute atomic E-state index is 13.2. The van der Waals surface area contributed by atoms with Crippen molar-refractivity contribution in [3.05, 3.63) is 58.1 Å². The van der Waals surface area contributed by atoms with Crippen LogP contribution in [0.25, 0.3) is 11.1 Å². The van der Waals surface area contributed by atoms with Gasteiger partial charge in [0.1, 0.15) is 0 Å². The molecule has 8 heteroatoms. The van der Waals surface area contributed by atoms with E-state index in [1.165, 1.54) is 24.0 Å². The second-order valence-electron chi connectivity index (χ2n) is 6.32. The summed E-state index contributed by atoms with van der Waals surface area (Å²) in [5.41, 5.74) is 0.864. The van der Waals surface area contributed by atoms with E-state index in [-0.39, 0.29) is 23.9 Å². The first-order chi connectivity index (χ1) is 13.0. The maximum atomic E-state index is 13.2. The minimum Gasteiger partial charge on any atom is -0.481 e. The van der Waals surface area contributed by atoms with Gasteiger partial charge in [0.25, 0.3) is 0 Å². The number of aliphatic carboxylic acids is 1. The number of rotatable bonds is 6. The zero-order valence-corrected chi connectivity index (χ0v) is 16.1. The van der Waals surface area contributed by atoms with Crippen molar-refractivity contribution in [1.82, 2.24) is 4.90 Å². The number of carbonyl (C=O) groups is 2. The van der Waals surface area contributed by atoms with Crippen LogP contribution in [0.15, 0.2) is 36.4 Å². The van der Waals surface area contributed by atoms with E-state index in [2.05, 4.69) is 0 Å². The number of benzene rings is 2. The SMILES string of the molecule is CCN(Cc1cc(C(F)(F)F)ccc1-c1cc(Cl)cc(CC(=O)O)c1)C(C)=O. The van der Waals surface area contributed by atoms with E-state index in [4.69, 9.17) is 16.7 Å². The molecule has 1 amide bonds. The molecular formula is C20H19ClF3NO3. The van der Waals surface area contributed by atoms with Crippen LogP contribution in [0.5, 0.6) is 0 Å². The predicted octanol–water partition coefficient (Wildman–Crippen LogP) is 5.02. The van der Waals surface area contributed by atoms with Crippen molar-refractivity contribution in [3.63, 3.8) is 0 Å². The monoisotopic (exact) mass is 413 g/mol. The fourth-order valence-electron chi connectivity index (χ4n) is 2.92. The summed E-state index contributed by atoms with van der Waals surface area (Å²) in [6.45, 7) is 3.41. The van der Waals surface area contributed by atoms with Gasteiger partial charge in [-0.25, -0.2) is 0 Å². The molecule has 0 radical (unpaired) electrons. The van der Waals surface area contributed by atoms with Gasteiger partial charge >= 0.3 is 12.1 Å². The Morgan fingerprint density at radius 3 is 2.36 bits per heavy atom. The fourth-order valence-corrected chi connectivity index (χ4v) is 3.17. The van der Waals surface area contributed by atoms with Gasteiger partial charge in [-0.05, 0) is 53.4 Å². The molecule has 0 unspecified atom stereocenters. The summed E-state index contributed by atoms with van der Waals surface area (Å²) in [5, 5.41) is 9.28. The molecule has 0 aliphatic carbocycles. The number of nitrogens with zero attached hydrogens (tertiary/aromatic N) is 1. The number of hydrogen-bond acceptors (Lipinski definition) is 2. The van der Waals surface area contributed by atoms with Crippen LogP contribution in [-0.2, 0) is 28.7 Å². The first-order valence-electron chi connectivity index (χ1n) is 8.48. The van der Waals surface area contributed by atoms with Crippen LogP contribution in [0.3, 0.4) is 0 Å². The van der Waals surface area contributed by atoms with Crippen molar-refractivity contribution < 1.29 is 27.9 Å². The molecular weight excluding hydrogens is 395 g/mol. The van der Waals surface area contributed by atoms with Gasteiger partial charge in [-0.2, -0.15) is 13.2 Å². The molecule has 0 aromatic heterocycles. The van der Waals surface area contributed by atoms with Crippen molar-refractivity contribution in [1.29, 1.82) is 0 Å². The van der Waals surface area contributed by atoms with Gasteiger partial charge in [0.2, 0.25) is 5.91 Å². The first-order valence-corrected chi connectivity index (χ1v) is 8.86. The third-order valence-electron chi connectivity index (χ3n) is 4.24. The van der Waals surface area contributed by atoms with E-state index in [1.54, 1.807) is 19.1 Å². The van der Waals surface area contributed by atoms with Crippen LogP contribution >= 0.6 is 11.6 Å². The number of alkyl halides is 3. The molecule has 0 heterocycles. The predicted molar refractivity (Wildman–Crippen MR) is 100.0 cm³/mol. The molecule has 0 aliphatic rings. The van der Waals surface area contributed by atoms with Gasteiger partial charge in [-0.15, -0.1) is 0 Å². The number of carboxylic acid groups (broad SMARTS) is 1. The highest BCUT2D eigenvalue weighted by molar-refractivity contribution is 6.31. The highest BCUT2D eigenvalue weighted by atomic mass is 35.5. The Morgan fingerprint density at radius 2 is 1.82 bits per heavy atom. The Morgan fingerprint density at radius 1 is 1.14 bits per heavy atom. The molecule has 0 aliphatic heterocycles. The van der Waals surface area contributed by atoms with Gasteiger partial charge in [-0.1, -0.05) is 23.7 Å². The van der Waals surface area contributed by atoms with Gasteiger partial charge in [-0.3, -0.25) is 9.59 Å². The van der Waals surface area contributed by atoms with Crippen LogP contribution in [0.1, 0.15) is 30.5 Å². The largest absolute Gasteiger partial charge is 0.481 e. The lowest BCUT2D eigenvalue weighted by atomic mass is 9.95. The number of carbonyl (C=O) groups excluding carboxylic acids is 1. The molecule has 0 fully saturated rings. The Bertz CT molecular complexity index is 897. The van der Waals surface area contributed by atoms with Gasteiger partial charge < -0.3 is 10.0 Å². The summed E-state index contributed by atoms with van der Waals surface area (Å²) < 4.78 is 39.6. The molecule has 0 saturated carbocycles.